The summed E-state index contributed by atoms with van der Waals surface area (Å²) in [6, 6.07) is 12.0. The van der Waals surface area contributed by atoms with Crippen LogP contribution >= 0.6 is 0 Å². The van der Waals surface area contributed by atoms with Crippen LogP contribution in [0.3, 0.4) is 0 Å². The summed E-state index contributed by atoms with van der Waals surface area (Å²) in [5.41, 5.74) is 5.27. The van der Waals surface area contributed by atoms with Crippen molar-refractivity contribution in [2.75, 3.05) is 62.2 Å². The van der Waals surface area contributed by atoms with Gasteiger partial charge in [0.1, 0.15) is 5.60 Å². The van der Waals surface area contributed by atoms with Crippen LogP contribution in [-0.2, 0) is 4.74 Å². The Kier molecular flexibility index (Phi) is 9.40. The summed E-state index contributed by atoms with van der Waals surface area (Å²) in [7, 11) is 0. The third-order valence-corrected chi connectivity index (χ3v) is 8.79. The number of fused-ring (bicyclic) bond motifs is 2. The standard InChI is InChI=1S/C20H25N7O2.C15H17N7/c1-13-15-11-14(5-6-16(15)24-23-13)18-22-17(12-21-25-18)26-7-9-27(10-8-26)19(28)29-20(2,3)4;1-10-12-8-11(2-3-13(12)20-19-10)15-18-14(9-17-21-15)22-6-4-16-5-7-22/h5-6,11-12H,7-10H2,1-4H3,(H,23,24);2-3,8-9,16H,4-7H2,1H3,(H,19,20). The summed E-state index contributed by atoms with van der Waals surface area (Å²) < 4.78 is 5.46. The summed E-state index contributed by atoms with van der Waals surface area (Å²) in [5, 5.41) is 36.6. The third kappa shape index (κ3) is 7.70. The zero-order valence-corrected chi connectivity index (χ0v) is 29.5. The molecule has 0 atom stereocenters. The van der Waals surface area contributed by atoms with Gasteiger partial charge in [0.15, 0.2) is 23.3 Å². The number of nitrogens with zero attached hydrogens (tertiary/aromatic N) is 11. The minimum Gasteiger partial charge on any atom is -0.444 e. The molecule has 8 rings (SSSR count). The van der Waals surface area contributed by atoms with Crippen LogP contribution in [0.1, 0.15) is 32.2 Å². The second-order valence-electron chi connectivity index (χ2n) is 13.6. The molecule has 2 fully saturated rings. The van der Waals surface area contributed by atoms with E-state index in [0.717, 1.165) is 82.1 Å². The summed E-state index contributed by atoms with van der Waals surface area (Å²) in [6.45, 7) is 15.9. The van der Waals surface area contributed by atoms with Crippen LogP contribution in [-0.4, -0.2) is 120 Å². The topological polar surface area (TPSA) is 183 Å². The molecule has 16 nitrogen and oxygen atoms in total. The molecule has 0 saturated carbocycles. The van der Waals surface area contributed by atoms with Crippen molar-refractivity contribution in [1.82, 2.24) is 61.0 Å². The number of piperazine rings is 2. The maximum atomic E-state index is 12.2. The number of aromatic nitrogens is 10. The summed E-state index contributed by atoms with van der Waals surface area (Å²) in [4.78, 5) is 27.7. The number of ether oxygens (including phenoxy) is 1. The number of carbonyl (C=O) groups is 1. The first-order valence-corrected chi connectivity index (χ1v) is 17.1. The molecular formula is C35H42N14O2. The number of benzene rings is 2. The van der Waals surface area contributed by atoms with E-state index in [0.29, 0.717) is 37.8 Å². The second-order valence-corrected chi connectivity index (χ2v) is 13.6. The second kappa shape index (κ2) is 14.2. The molecule has 3 N–H and O–H groups in total. The average Bonchev–Trinajstić information content (AvgIpc) is 3.72. The number of hydrogen-bond acceptors (Lipinski definition) is 13. The molecule has 0 radical (unpaired) electrons. The van der Waals surface area contributed by atoms with Crippen LogP contribution in [0.4, 0.5) is 16.4 Å². The summed E-state index contributed by atoms with van der Waals surface area (Å²) in [5.74, 6) is 2.86. The zero-order valence-electron chi connectivity index (χ0n) is 29.5. The van der Waals surface area contributed by atoms with Gasteiger partial charge in [-0.05, 0) is 71.0 Å². The lowest BCUT2D eigenvalue weighted by atomic mass is 10.1. The number of H-pyrrole nitrogens is 2. The normalized spacial score (nSPS) is 15.2. The Bertz CT molecular complexity index is 2140. The van der Waals surface area contributed by atoms with Crippen molar-refractivity contribution >= 4 is 39.5 Å². The minimum atomic E-state index is -0.492. The maximum Gasteiger partial charge on any atom is 0.410 e. The number of amides is 1. The maximum absolute atomic E-state index is 12.2. The smallest absolute Gasteiger partial charge is 0.410 e. The van der Waals surface area contributed by atoms with E-state index < -0.39 is 5.60 Å². The first-order chi connectivity index (χ1) is 24.6. The van der Waals surface area contributed by atoms with Gasteiger partial charge in [0.25, 0.3) is 0 Å². The summed E-state index contributed by atoms with van der Waals surface area (Å²) >= 11 is 0. The van der Waals surface area contributed by atoms with E-state index >= 15 is 0 Å². The lowest BCUT2D eigenvalue weighted by Gasteiger charge is -2.36. The molecule has 2 aliphatic heterocycles. The summed E-state index contributed by atoms with van der Waals surface area (Å²) in [6.07, 6.45) is 3.12. The molecular weight excluding hydrogens is 648 g/mol. The first-order valence-electron chi connectivity index (χ1n) is 17.1. The van der Waals surface area contributed by atoms with Gasteiger partial charge in [-0.25, -0.2) is 14.8 Å². The van der Waals surface area contributed by atoms with Crippen molar-refractivity contribution < 1.29 is 9.53 Å². The molecule has 6 aromatic rings. The third-order valence-electron chi connectivity index (χ3n) is 8.79. The van der Waals surface area contributed by atoms with Gasteiger partial charge in [-0.3, -0.25) is 10.2 Å². The largest absolute Gasteiger partial charge is 0.444 e. The molecule has 51 heavy (non-hydrogen) atoms. The molecule has 16 heteroatoms. The Balaban J connectivity index is 0.000000165. The predicted molar refractivity (Wildman–Crippen MR) is 194 cm³/mol. The van der Waals surface area contributed by atoms with Crippen molar-refractivity contribution in [3.8, 4) is 22.8 Å². The lowest BCUT2D eigenvalue weighted by molar-refractivity contribution is 0.0240. The van der Waals surface area contributed by atoms with Crippen LogP contribution in [0.25, 0.3) is 44.6 Å². The van der Waals surface area contributed by atoms with Gasteiger partial charge < -0.3 is 24.8 Å². The van der Waals surface area contributed by atoms with Crippen LogP contribution < -0.4 is 15.1 Å². The van der Waals surface area contributed by atoms with Crippen LogP contribution in [0.15, 0.2) is 48.8 Å². The molecule has 0 spiro atoms. The number of carbonyl (C=O) groups excluding carboxylic acids is 1. The Morgan fingerprint density at radius 3 is 1.69 bits per heavy atom. The Morgan fingerprint density at radius 1 is 0.706 bits per heavy atom. The molecule has 0 aliphatic carbocycles. The van der Waals surface area contributed by atoms with Crippen LogP contribution in [0, 0.1) is 13.8 Å². The van der Waals surface area contributed by atoms with E-state index in [-0.39, 0.29) is 6.09 Å². The molecule has 4 aromatic heterocycles. The van der Waals surface area contributed by atoms with Gasteiger partial charge in [0.05, 0.1) is 23.4 Å². The molecule has 0 bridgehead atoms. The fourth-order valence-corrected chi connectivity index (χ4v) is 6.03. The van der Waals surface area contributed by atoms with Gasteiger partial charge in [-0.1, -0.05) is 0 Å². The van der Waals surface area contributed by atoms with E-state index in [2.05, 4.69) is 67.0 Å². The van der Waals surface area contributed by atoms with E-state index in [1.165, 1.54) is 0 Å². The first kappa shape index (κ1) is 33.7. The fourth-order valence-electron chi connectivity index (χ4n) is 6.03. The minimum absolute atomic E-state index is 0.276. The van der Waals surface area contributed by atoms with E-state index in [1.54, 1.807) is 17.3 Å². The molecule has 1 amide bonds. The lowest BCUT2D eigenvalue weighted by Crippen LogP contribution is -2.50. The highest BCUT2D eigenvalue weighted by molar-refractivity contribution is 5.86. The van der Waals surface area contributed by atoms with E-state index in [1.807, 2.05) is 65.0 Å². The number of aromatic amines is 2. The van der Waals surface area contributed by atoms with Crippen LogP contribution in [0.5, 0.6) is 0 Å². The number of hydrogen-bond donors (Lipinski definition) is 3. The number of anilines is 2. The monoisotopic (exact) mass is 690 g/mol. The van der Waals surface area contributed by atoms with E-state index in [9.17, 15) is 4.79 Å². The number of aryl methyl sites for hydroxylation is 2. The van der Waals surface area contributed by atoms with Gasteiger partial charge in [0.2, 0.25) is 0 Å². The fraction of sp³-hybridized carbons (Fsp3) is 0.400. The predicted octanol–water partition coefficient (Wildman–Crippen LogP) is 3.91. The Hall–Kier alpha value is -5.77. The van der Waals surface area contributed by atoms with Crippen molar-refractivity contribution in [2.45, 2.75) is 40.2 Å². The number of rotatable bonds is 4. The Morgan fingerprint density at radius 2 is 1.20 bits per heavy atom. The highest BCUT2D eigenvalue weighted by atomic mass is 16.6. The zero-order chi connectivity index (χ0) is 35.5. The van der Waals surface area contributed by atoms with Crippen molar-refractivity contribution in [3.05, 3.63) is 60.2 Å². The number of nitrogens with one attached hydrogen (secondary N) is 3. The molecule has 6 heterocycles. The average molecular weight is 691 g/mol. The van der Waals surface area contributed by atoms with Crippen molar-refractivity contribution in [3.63, 3.8) is 0 Å². The van der Waals surface area contributed by atoms with Gasteiger partial charge in [0, 0.05) is 85.6 Å². The van der Waals surface area contributed by atoms with Gasteiger partial charge in [-0.2, -0.15) is 20.4 Å². The molecule has 264 valence electrons. The molecule has 2 aromatic carbocycles. The highest BCUT2D eigenvalue weighted by Crippen LogP contribution is 2.25. The van der Waals surface area contributed by atoms with Crippen molar-refractivity contribution in [2.24, 2.45) is 0 Å². The SMILES string of the molecule is Cc1[nH]nc2ccc(-c3nncc(N4CCN(C(=O)OC(C)(C)C)CC4)n3)cc12.Cc1[nH]nc2ccc(-c3nncc(N4CCNCC4)n3)cc12. The van der Waals surface area contributed by atoms with Gasteiger partial charge >= 0.3 is 6.09 Å². The van der Waals surface area contributed by atoms with Gasteiger partial charge in [-0.15, -0.1) is 10.2 Å². The molecule has 2 saturated heterocycles. The Labute approximate surface area is 295 Å². The molecule has 0 unspecified atom stereocenters. The quantitative estimate of drug-likeness (QED) is 0.242. The molecule has 2 aliphatic rings. The van der Waals surface area contributed by atoms with Crippen LogP contribution in [0.2, 0.25) is 0 Å². The highest BCUT2D eigenvalue weighted by Gasteiger charge is 2.27. The van der Waals surface area contributed by atoms with Crippen molar-refractivity contribution in [1.29, 1.82) is 0 Å². The van der Waals surface area contributed by atoms with E-state index in [4.69, 9.17) is 9.72 Å².